The molecule has 23 heavy (non-hydrogen) atoms. The molecule has 0 bridgehead atoms. The monoisotopic (exact) mass is 326 g/mol. The highest BCUT2D eigenvalue weighted by Gasteiger charge is 2.36. The third-order valence-electron chi connectivity index (χ3n) is 3.78. The van der Waals surface area contributed by atoms with Crippen LogP contribution in [-0.2, 0) is 4.79 Å². The Morgan fingerprint density at radius 1 is 1.17 bits per heavy atom. The first kappa shape index (κ1) is 15.5. The Morgan fingerprint density at radius 3 is 2.52 bits per heavy atom. The van der Waals surface area contributed by atoms with Gasteiger partial charge in [-0.2, -0.15) is 0 Å². The Bertz CT molecular complexity index is 736. The van der Waals surface area contributed by atoms with Gasteiger partial charge in [0, 0.05) is 6.20 Å². The van der Waals surface area contributed by atoms with E-state index in [1.54, 1.807) is 17.2 Å². The maximum Gasteiger partial charge on any atom is 0.268 e. The molecule has 0 fully saturated rings. The first-order valence-electron chi connectivity index (χ1n) is 7.52. The Kier molecular flexibility index (Phi) is 4.30. The first-order chi connectivity index (χ1) is 11.1. The lowest BCUT2D eigenvalue weighted by molar-refractivity contribution is -0.125. The third-order valence-corrected chi connectivity index (χ3v) is 4.63. The van der Waals surface area contributed by atoms with Crippen molar-refractivity contribution in [2.45, 2.75) is 19.9 Å². The number of amides is 2. The van der Waals surface area contributed by atoms with E-state index in [9.17, 15) is 9.59 Å². The summed E-state index contributed by atoms with van der Waals surface area (Å²) < 4.78 is 0. The highest BCUT2D eigenvalue weighted by atomic mass is 32.1. The van der Waals surface area contributed by atoms with Crippen LogP contribution in [0.2, 0.25) is 0 Å². The van der Waals surface area contributed by atoms with Crippen LogP contribution in [0.4, 0.5) is 0 Å². The van der Waals surface area contributed by atoms with Gasteiger partial charge in [-0.05, 0) is 22.9 Å². The smallest absolute Gasteiger partial charge is 0.268 e. The van der Waals surface area contributed by atoms with Gasteiger partial charge in [0.2, 0.25) is 5.91 Å². The summed E-state index contributed by atoms with van der Waals surface area (Å²) in [6.07, 6.45) is 1.75. The average Bonchev–Trinajstić information content (AvgIpc) is 3.08. The summed E-state index contributed by atoms with van der Waals surface area (Å²) in [5, 5.41) is 4.79. The van der Waals surface area contributed by atoms with Crippen LogP contribution >= 0.6 is 11.3 Å². The molecule has 0 aliphatic carbocycles. The van der Waals surface area contributed by atoms with E-state index >= 15 is 0 Å². The summed E-state index contributed by atoms with van der Waals surface area (Å²) in [5.41, 5.74) is 1.53. The predicted octanol–water partition coefficient (Wildman–Crippen LogP) is 3.34. The number of rotatable bonds is 3. The van der Waals surface area contributed by atoms with Gasteiger partial charge in [0.25, 0.3) is 5.91 Å². The molecule has 0 saturated carbocycles. The quantitative estimate of drug-likeness (QED) is 0.940. The highest BCUT2D eigenvalue weighted by Crippen LogP contribution is 2.25. The molecule has 1 N–H and O–H groups in total. The molecule has 118 valence electrons. The minimum atomic E-state index is -0.503. The summed E-state index contributed by atoms with van der Waals surface area (Å²) in [6, 6.07) is 12.7. The van der Waals surface area contributed by atoms with Crippen LogP contribution in [0.5, 0.6) is 0 Å². The SMILES string of the molecule is CC(C)[C@H]1C(=O)NC(c2ccccc2)=CN1C(=O)c1cccs1. The lowest BCUT2D eigenvalue weighted by Crippen LogP contribution is -2.53. The molecular formula is C18H18N2O2S. The zero-order chi connectivity index (χ0) is 16.4. The van der Waals surface area contributed by atoms with Crippen LogP contribution in [-0.4, -0.2) is 22.8 Å². The summed E-state index contributed by atoms with van der Waals surface area (Å²) in [4.78, 5) is 27.6. The number of benzene rings is 1. The standard InChI is InChI=1S/C18H18N2O2S/c1-12(2)16-17(21)19-14(13-7-4-3-5-8-13)11-20(16)18(22)15-9-6-10-23-15/h3-12,16H,1-2H3,(H,19,21)/t16-/m0/s1. The van der Waals surface area contributed by atoms with Crippen molar-refractivity contribution < 1.29 is 9.59 Å². The van der Waals surface area contributed by atoms with Crippen molar-refractivity contribution in [1.82, 2.24) is 10.2 Å². The van der Waals surface area contributed by atoms with Crippen molar-refractivity contribution >= 4 is 28.8 Å². The number of carbonyl (C=O) groups excluding carboxylic acids is 2. The van der Waals surface area contributed by atoms with Crippen LogP contribution < -0.4 is 5.32 Å². The lowest BCUT2D eigenvalue weighted by Gasteiger charge is -2.35. The van der Waals surface area contributed by atoms with Gasteiger partial charge >= 0.3 is 0 Å². The minimum Gasteiger partial charge on any atom is -0.322 e. The van der Waals surface area contributed by atoms with E-state index in [0.717, 1.165) is 5.56 Å². The maximum absolute atomic E-state index is 12.8. The molecule has 1 aromatic heterocycles. The van der Waals surface area contributed by atoms with E-state index in [-0.39, 0.29) is 17.7 Å². The lowest BCUT2D eigenvalue weighted by atomic mass is 9.98. The number of carbonyl (C=O) groups is 2. The van der Waals surface area contributed by atoms with Crippen molar-refractivity contribution in [3.8, 4) is 0 Å². The molecule has 1 aromatic carbocycles. The summed E-state index contributed by atoms with van der Waals surface area (Å²) in [5.74, 6) is -0.263. The number of hydrogen-bond acceptors (Lipinski definition) is 3. The largest absolute Gasteiger partial charge is 0.322 e. The van der Waals surface area contributed by atoms with Crippen molar-refractivity contribution in [3.05, 3.63) is 64.5 Å². The van der Waals surface area contributed by atoms with E-state index < -0.39 is 6.04 Å². The Labute approximate surface area is 139 Å². The molecule has 2 amide bonds. The van der Waals surface area contributed by atoms with E-state index in [1.165, 1.54) is 11.3 Å². The second kappa shape index (κ2) is 6.38. The van der Waals surface area contributed by atoms with Crippen LogP contribution in [0.3, 0.4) is 0 Å². The number of hydrogen-bond donors (Lipinski definition) is 1. The zero-order valence-electron chi connectivity index (χ0n) is 13.0. The average molecular weight is 326 g/mol. The van der Waals surface area contributed by atoms with Crippen molar-refractivity contribution in [2.24, 2.45) is 5.92 Å². The molecular weight excluding hydrogens is 308 g/mol. The van der Waals surface area contributed by atoms with Gasteiger partial charge < -0.3 is 5.32 Å². The number of nitrogens with one attached hydrogen (secondary N) is 1. The normalized spacial score (nSPS) is 17.9. The number of nitrogens with zero attached hydrogens (tertiary/aromatic N) is 1. The Hall–Kier alpha value is -2.40. The van der Waals surface area contributed by atoms with Gasteiger partial charge in [0.15, 0.2) is 0 Å². The first-order valence-corrected chi connectivity index (χ1v) is 8.40. The second-order valence-electron chi connectivity index (χ2n) is 5.78. The summed E-state index contributed by atoms with van der Waals surface area (Å²) >= 11 is 1.38. The predicted molar refractivity (Wildman–Crippen MR) is 91.7 cm³/mol. The summed E-state index contributed by atoms with van der Waals surface area (Å²) in [6.45, 7) is 3.89. The molecule has 1 aliphatic rings. The fourth-order valence-corrected chi connectivity index (χ4v) is 3.35. The molecule has 5 heteroatoms. The van der Waals surface area contributed by atoms with E-state index in [4.69, 9.17) is 0 Å². The fourth-order valence-electron chi connectivity index (χ4n) is 2.69. The van der Waals surface area contributed by atoms with Gasteiger partial charge in [-0.25, -0.2) is 0 Å². The Morgan fingerprint density at radius 2 is 1.91 bits per heavy atom. The van der Waals surface area contributed by atoms with E-state index in [2.05, 4.69) is 5.32 Å². The maximum atomic E-state index is 12.8. The van der Waals surface area contributed by atoms with Gasteiger partial charge in [-0.1, -0.05) is 50.2 Å². The van der Waals surface area contributed by atoms with Crippen LogP contribution in [0.1, 0.15) is 29.1 Å². The van der Waals surface area contributed by atoms with Crippen molar-refractivity contribution in [2.75, 3.05) is 0 Å². The molecule has 0 radical (unpaired) electrons. The molecule has 3 rings (SSSR count). The van der Waals surface area contributed by atoms with Crippen LogP contribution in [0, 0.1) is 5.92 Å². The molecule has 2 heterocycles. The van der Waals surface area contributed by atoms with Gasteiger partial charge in [-0.15, -0.1) is 11.3 Å². The molecule has 0 unspecified atom stereocenters. The van der Waals surface area contributed by atoms with E-state index in [0.29, 0.717) is 10.6 Å². The highest BCUT2D eigenvalue weighted by molar-refractivity contribution is 7.12. The number of thiophene rings is 1. The third kappa shape index (κ3) is 3.05. The zero-order valence-corrected chi connectivity index (χ0v) is 13.8. The van der Waals surface area contributed by atoms with E-state index in [1.807, 2.05) is 55.6 Å². The van der Waals surface area contributed by atoms with Gasteiger partial charge in [0.1, 0.15) is 6.04 Å². The minimum absolute atomic E-state index is 0.0208. The topological polar surface area (TPSA) is 49.4 Å². The van der Waals surface area contributed by atoms with Gasteiger partial charge in [0.05, 0.1) is 10.6 Å². The van der Waals surface area contributed by atoms with Crippen molar-refractivity contribution in [3.63, 3.8) is 0 Å². The van der Waals surface area contributed by atoms with Crippen LogP contribution in [0.25, 0.3) is 5.70 Å². The Balaban J connectivity index is 2.03. The molecule has 0 saturated heterocycles. The molecule has 1 atom stereocenters. The second-order valence-corrected chi connectivity index (χ2v) is 6.72. The molecule has 2 aromatic rings. The fraction of sp³-hybridized carbons (Fsp3) is 0.222. The summed E-state index contributed by atoms with van der Waals surface area (Å²) in [7, 11) is 0. The molecule has 4 nitrogen and oxygen atoms in total. The van der Waals surface area contributed by atoms with Gasteiger partial charge in [-0.3, -0.25) is 14.5 Å². The van der Waals surface area contributed by atoms with Crippen LogP contribution in [0.15, 0.2) is 54.0 Å². The van der Waals surface area contributed by atoms with Crippen molar-refractivity contribution in [1.29, 1.82) is 0 Å². The molecule has 1 aliphatic heterocycles. The molecule has 0 spiro atoms.